The summed E-state index contributed by atoms with van der Waals surface area (Å²) in [7, 11) is 1.58. The van der Waals surface area contributed by atoms with Crippen LogP contribution in [-0.2, 0) is 14.3 Å². The van der Waals surface area contributed by atoms with Crippen LogP contribution < -0.4 is 9.47 Å². The lowest BCUT2D eigenvalue weighted by Gasteiger charge is -2.33. The summed E-state index contributed by atoms with van der Waals surface area (Å²) >= 11 is 1.44. The fourth-order valence-corrected chi connectivity index (χ4v) is 4.74. The van der Waals surface area contributed by atoms with Gasteiger partial charge < -0.3 is 14.2 Å². The van der Waals surface area contributed by atoms with Crippen molar-refractivity contribution >= 4 is 28.8 Å². The van der Waals surface area contributed by atoms with E-state index in [4.69, 9.17) is 14.2 Å². The molecule has 0 saturated carbocycles. The Morgan fingerprint density at radius 3 is 2.61 bits per heavy atom. The normalized spacial score (nSPS) is 20.7. The first-order valence-corrected chi connectivity index (χ1v) is 11.5. The third-order valence-electron chi connectivity index (χ3n) is 5.09. The summed E-state index contributed by atoms with van der Waals surface area (Å²) in [5.41, 5.74) is 1.68. The molecule has 2 atom stereocenters. The summed E-state index contributed by atoms with van der Waals surface area (Å²) in [6.45, 7) is 10.5. The molecule has 1 fully saturated rings. The van der Waals surface area contributed by atoms with E-state index in [0.717, 1.165) is 5.56 Å². The SMILES string of the molecule is CCOC(=O)C1=C(C)N=C2SC(CC)C(=O)N2C1c1ccc(OCC(C)C)c(OC)c1. The maximum absolute atomic E-state index is 13.2. The summed E-state index contributed by atoms with van der Waals surface area (Å²) in [5.74, 6) is 1.02. The Morgan fingerprint density at radius 2 is 2.00 bits per heavy atom. The largest absolute Gasteiger partial charge is 0.493 e. The Balaban J connectivity index is 2.09. The molecular weight excluding hydrogens is 416 g/mol. The van der Waals surface area contributed by atoms with Gasteiger partial charge in [-0.05, 0) is 43.9 Å². The second-order valence-corrected chi connectivity index (χ2v) is 9.02. The van der Waals surface area contributed by atoms with Gasteiger partial charge in [-0.2, -0.15) is 0 Å². The number of amides is 1. The topological polar surface area (TPSA) is 77.4 Å². The molecule has 1 amide bonds. The van der Waals surface area contributed by atoms with E-state index in [9.17, 15) is 9.59 Å². The number of rotatable bonds is 8. The highest BCUT2D eigenvalue weighted by Gasteiger charge is 2.47. The van der Waals surface area contributed by atoms with E-state index in [1.54, 1.807) is 25.9 Å². The van der Waals surface area contributed by atoms with Crippen LogP contribution in [0.1, 0.15) is 52.6 Å². The number of fused-ring (bicyclic) bond motifs is 1. The number of allylic oxidation sites excluding steroid dienone is 1. The third kappa shape index (κ3) is 4.59. The Labute approximate surface area is 187 Å². The number of aliphatic imine (C=N–C) groups is 1. The predicted octanol–water partition coefficient (Wildman–Crippen LogP) is 4.33. The maximum atomic E-state index is 13.2. The molecule has 2 unspecified atom stereocenters. The molecule has 168 valence electrons. The van der Waals surface area contributed by atoms with Crippen molar-refractivity contribution in [2.24, 2.45) is 10.9 Å². The van der Waals surface area contributed by atoms with Gasteiger partial charge in [-0.1, -0.05) is 38.6 Å². The second-order valence-electron chi connectivity index (χ2n) is 7.85. The number of methoxy groups -OCH3 is 1. The molecule has 0 spiro atoms. The number of nitrogens with zero attached hydrogens (tertiary/aromatic N) is 2. The third-order valence-corrected chi connectivity index (χ3v) is 6.41. The van der Waals surface area contributed by atoms with Gasteiger partial charge in [0.2, 0.25) is 5.91 Å². The van der Waals surface area contributed by atoms with Gasteiger partial charge in [-0.3, -0.25) is 9.69 Å². The first-order chi connectivity index (χ1) is 14.8. The number of carbonyl (C=O) groups is 2. The van der Waals surface area contributed by atoms with Crippen LogP contribution >= 0.6 is 11.8 Å². The fraction of sp³-hybridized carbons (Fsp3) is 0.522. The molecule has 7 nitrogen and oxygen atoms in total. The molecular formula is C23H30N2O5S. The van der Waals surface area contributed by atoms with Crippen LogP contribution in [0, 0.1) is 5.92 Å². The molecule has 2 heterocycles. The van der Waals surface area contributed by atoms with Gasteiger partial charge in [0.25, 0.3) is 0 Å². The average Bonchev–Trinajstić information content (AvgIpc) is 3.06. The Bertz CT molecular complexity index is 925. The van der Waals surface area contributed by atoms with Crippen molar-refractivity contribution < 1.29 is 23.8 Å². The van der Waals surface area contributed by atoms with Crippen molar-refractivity contribution in [2.45, 2.75) is 52.3 Å². The average molecular weight is 447 g/mol. The van der Waals surface area contributed by atoms with Crippen LogP contribution in [0.15, 0.2) is 34.5 Å². The Hall–Kier alpha value is -2.48. The Kier molecular flexibility index (Phi) is 7.30. The van der Waals surface area contributed by atoms with E-state index >= 15 is 0 Å². The summed E-state index contributed by atoms with van der Waals surface area (Å²) in [4.78, 5) is 32.3. The molecule has 0 N–H and O–H groups in total. The number of benzene rings is 1. The zero-order valence-electron chi connectivity index (χ0n) is 18.9. The van der Waals surface area contributed by atoms with Gasteiger partial charge >= 0.3 is 5.97 Å². The minimum absolute atomic E-state index is 0.0513. The zero-order valence-corrected chi connectivity index (χ0v) is 19.7. The predicted molar refractivity (Wildman–Crippen MR) is 121 cm³/mol. The van der Waals surface area contributed by atoms with Gasteiger partial charge in [0.1, 0.15) is 0 Å². The van der Waals surface area contributed by atoms with Crippen LogP contribution in [0.2, 0.25) is 0 Å². The quantitative estimate of drug-likeness (QED) is 0.553. The summed E-state index contributed by atoms with van der Waals surface area (Å²) < 4.78 is 16.8. The molecule has 1 aromatic rings. The molecule has 8 heteroatoms. The van der Waals surface area contributed by atoms with Gasteiger partial charge in [0, 0.05) is 0 Å². The smallest absolute Gasteiger partial charge is 0.338 e. The van der Waals surface area contributed by atoms with Gasteiger partial charge in [-0.25, -0.2) is 9.79 Å². The summed E-state index contributed by atoms with van der Waals surface area (Å²) in [6.07, 6.45) is 0.685. The van der Waals surface area contributed by atoms with Gasteiger partial charge in [0.15, 0.2) is 16.7 Å². The number of hydrogen-bond donors (Lipinski definition) is 0. The molecule has 0 aromatic heterocycles. The number of hydrogen-bond acceptors (Lipinski definition) is 7. The number of esters is 1. The minimum atomic E-state index is -0.629. The summed E-state index contributed by atoms with van der Waals surface area (Å²) in [6, 6.07) is 4.89. The van der Waals surface area contributed by atoms with Gasteiger partial charge in [0.05, 0.1) is 42.9 Å². The lowest BCUT2D eigenvalue weighted by Crippen LogP contribution is -2.40. The van der Waals surface area contributed by atoms with Crippen molar-refractivity contribution in [1.29, 1.82) is 0 Å². The standard InChI is InChI=1S/C23H30N2O5S/c1-7-18-21(26)25-20(19(22(27)29-8-2)14(5)24-23(25)31-18)15-9-10-16(17(11-15)28-6)30-12-13(3)4/h9-11,13,18,20H,7-8,12H2,1-6H3. The van der Waals surface area contributed by atoms with Crippen LogP contribution in [0.25, 0.3) is 0 Å². The molecule has 1 saturated heterocycles. The molecule has 1 aromatic carbocycles. The lowest BCUT2D eigenvalue weighted by atomic mass is 9.93. The van der Waals surface area contributed by atoms with E-state index in [2.05, 4.69) is 18.8 Å². The van der Waals surface area contributed by atoms with Crippen LogP contribution in [0.4, 0.5) is 0 Å². The van der Waals surface area contributed by atoms with E-state index in [1.165, 1.54) is 11.8 Å². The van der Waals surface area contributed by atoms with Crippen LogP contribution in [0.3, 0.4) is 0 Å². The van der Waals surface area contributed by atoms with Crippen molar-refractivity contribution in [1.82, 2.24) is 4.90 Å². The first kappa shape index (κ1) is 23.2. The Morgan fingerprint density at radius 1 is 1.26 bits per heavy atom. The van der Waals surface area contributed by atoms with E-state index in [1.807, 2.05) is 25.1 Å². The van der Waals surface area contributed by atoms with Gasteiger partial charge in [-0.15, -0.1) is 0 Å². The van der Waals surface area contributed by atoms with Crippen molar-refractivity contribution in [3.63, 3.8) is 0 Å². The maximum Gasteiger partial charge on any atom is 0.338 e. The van der Waals surface area contributed by atoms with Crippen molar-refractivity contribution in [2.75, 3.05) is 20.3 Å². The minimum Gasteiger partial charge on any atom is -0.493 e. The van der Waals surface area contributed by atoms with Crippen LogP contribution in [-0.4, -0.2) is 47.5 Å². The van der Waals surface area contributed by atoms with E-state index in [-0.39, 0.29) is 17.8 Å². The van der Waals surface area contributed by atoms with Crippen molar-refractivity contribution in [3.8, 4) is 11.5 Å². The second kappa shape index (κ2) is 9.77. The number of ether oxygens (including phenoxy) is 3. The summed E-state index contributed by atoms with van der Waals surface area (Å²) in [5, 5.41) is 0.401. The monoisotopic (exact) mass is 446 g/mol. The molecule has 2 aliphatic heterocycles. The highest BCUT2D eigenvalue weighted by Crippen LogP contribution is 2.45. The molecule has 0 bridgehead atoms. The molecule has 0 aliphatic carbocycles. The molecule has 0 radical (unpaired) electrons. The number of thioether (sulfide) groups is 1. The van der Waals surface area contributed by atoms with Crippen LogP contribution in [0.5, 0.6) is 11.5 Å². The molecule has 2 aliphatic rings. The van der Waals surface area contributed by atoms with E-state index in [0.29, 0.717) is 46.9 Å². The molecule has 3 rings (SSSR count). The van der Waals surface area contributed by atoms with Crippen molar-refractivity contribution in [3.05, 3.63) is 35.0 Å². The number of carbonyl (C=O) groups excluding carboxylic acids is 2. The lowest BCUT2D eigenvalue weighted by molar-refractivity contribution is -0.139. The first-order valence-electron chi connectivity index (χ1n) is 10.6. The fourth-order valence-electron chi connectivity index (χ4n) is 3.60. The molecule has 31 heavy (non-hydrogen) atoms. The highest BCUT2D eigenvalue weighted by atomic mass is 32.2. The zero-order chi connectivity index (χ0) is 22.7. The highest BCUT2D eigenvalue weighted by molar-refractivity contribution is 8.15. The number of amidine groups is 1. The van der Waals surface area contributed by atoms with E-state index < -0.39 is 12.0 Å².